The molecule has 0 bridgehead atoms. The Morgan fingerprint density at radius 3 is 2.26 bits per heavy atom. The Bertz CT molecular complexity index is 1350. The number of ether oxygens (including phenoxy) is 1. The number of rotatable bonds is 13. The Hall–Kier alpha value is -3.37. The molecule has 8 nitrogen and oxygen atoms in total. The Balaban J connectivity index is 2.02. The zero-order valence-electron chi connectivity index (χ0n) is 22.3. The lowest BCUT2D eigenvalue weighted by atomic mass is 10.1. The molecule has 2 amide bonds. The van der Waals surface area contributed by atoms with Crippen LogP contribution in [0.15, 0.2) is 88.2 Å². The lowest BCUT2D eigenvalue weighted by Gasteiger charge is -2.32. The number of methoxy groups -OCH3 is 1. The number of sulfonamides is 1. The first kappa shape index (κ1) is 30.2. The van der Waals surface area contributed by atoms with Crippen molar-refractivity contribution in [1.82, 2.24) is 10.2 Å². The van der Waals surface area contributed by atoms with Gasteiger partial charge in [-0.1, -0.05) is 71.7 Å². The van der Waals surface area contributed by atoms with E-state index in [1.54, 1.807) is 49.4 Å². The SMILES string of the molecule is CCCCNC(=O)[C@@H](C)N(Cc1ccc(Br)cc1)C(=O)CN(c1ccccc1OC)S(=O)(=O)c1ccccc1. The third-order valence-corrected chi connectivity index (χ3v) is 8.53. The number of nitrogens with zero attached hydrogens (tertiary/aromatic N) is 2. The Labute approximate surface area is 239 Å². The maximum absolute atomic E-state index is 13.9. The molecule has 0 spiro atoms. The van der Waals surface area contributed by atoms with Crippen molar-refractivity contribution in [2.24, 2.45) is 0 Å². The number of carbonyl (C=O) groups excluding carboxylic acids is 2. The molecular formula is C29H34BrN3O5S. The van der Waals surface area contributed by atoms with Gasteiger partial charge in [-0.2, -0.15) is 0 Å². The summed E-state index contributed by atoms with van der Waals surface area (Å²) in [6.45, 7) is 3.77. The van der Waals surface area contributed by atoms with E-state index in [0.29, 0.717) is 12.3 Å². The molecule has 0 aliphatic rings. The van der Waals surface area contributed by atoms with Gasteiger partial charge >= 0.3 is 0 Å². The molecule has 0 unspecified atom stereocenters. The number of halogens is 1. The molecule has 0 fully saturated rings. The lowest BCUT2D eigenvalue weighted by Crippen LogP contribution is -2.51. The summed E-state index contributed by atoms with van der Waals surface area (Å²) in [6, 6.07) is 21.1. The lowest BCUT2D eigenvalue weighted by molar-refractivity contribution is -0.139. The van der Waals surface area contributed by atoms with Gasteiger partial charge < -0.3 is 15.0 Å². The van der Waals surface area contributed by atoms with Crippen LogP contribution in [0.25, 0.3) is 0 Å². The van der Waals surface area contributed by atoms with Crippen molar-refractivity contribution >= 4 is 43.5 Å². The first-order valence-corrected chi connectivity index (χ1v) is 14.9. The molecule has 208 valence electrons. The molecular weight excluding hydrogens is 582 g/mol. The summed E-state index contributed by atoms with van der Waals surface area (Å²) in [4.78, 5) is 28.4. The van der Waals surface area contributed by atoms with Gasteiger partial charge in [-0.05, 0) is 55.3 Å². The average Bonchev–Trinajstić information content (AvgIpc) is 2.95. The van der Waals surface area contributed by atoms with Crippen molar-refractivity contribution < 1.29 is 22.7 Å². The van der Waals surface area contributed by atoms with Crippen molar-refractivity contribution in [2.75, 3.05) is 24.5 Å². The average molecular weight is 617 g/mol. The second-order valence-corrected chi connectivity index (χ2v) is 11.7. The van der Waals surface area contributed by atoms with E-state index in [1.165, 1.54) is 24.1 Å². The predicted octanol–water partition coefficient (Wildman–Crippen LogP) is 4.99. The second-order valence-electron chi connectivity index (χ2n) is 8.97. The number of nitrogens with one attached hydrogen (secondary N) is 1. The number of anilines is 1. The van der Waals surface area contributed by atoms with E-state index in [9.17, 15) is 18.0 Å². The third kappa shape index (κ3) is 7.83. The van der Waals surface area contributed by atoms with Crippen LogP contribution in [0.5, 0.6) is 5.75 Å². The van der Waals surface area contributed by atoms with Crippen LogP contribution in [-0.2, 0) is 26.2 Å². The first-order valence-electron chi connectivity index (χ1n) is 12.7. The minimum Gasteiger partial charge on any atom is -0.495 e. The third-order valence-electron chi connectivity index (χ3n) is 6.23. The summed E-state index contributed by atoms with van der Waals surface area (Å²) in [7, 11) is -2.72. The second kappa shape index (κ2) is 14.1. The number of carbonyl (C=O) groups is 2. The number of amides is 2. The molecule has 0 radical (unpaired) electrons. The van der Waals surface area contributed by atoms with Crippen LogP contribution in [0.1, 0.15) is 32.3 Å². The van der Waals surface area contributed by atoms with Crippen LogP contribution in [0.4, 0.5) is 5.69 Å². The van der Waals surface area contributed by atoms with E-state index in [2.05, 4.69) is 21.2 Å². The van der Waals surface area contributed by atoms with Gasteiger partial charge in [-0.3, -0.25) is 13.9 Å². The fraction of sp³-hybridized carbons (Fsp3) is 0.310. The van der Waals surface area contributed by atoms with Crippen molar-refractivity contribution in [3.8, 4) is 5.75 Å². The van der Waals surface area contributed by atoms with Gasteiger partial charge in [0.1, 0.15) is 18.3 Å². The number of unbranched alkanes of at least 4 members (excludes halogenated alkanes) is 1. The highest BCUT2D eigenvalue weighted by atomic mass is 79.9. The van der Waals surface area contributed by atoms with Gasteiger partial charge in [-0.25, -0.2) is 8.42 Å². The molecule has 3 rings (SSSR count). The van der Waals surface area contributed by atoms with E-state index < -0.39 is 28.5 Å². The number of hydrogen-bond acceptors (Lipinski definition) is 5. The summed E-state index contributed by atoms with van der Waals surface area (Å²) in [5.74, 6) is -0.528. The van der Waals surface area contributed by atoms with Crippen molar-refractivity contribution in [3.63, 3.8) is 0 Å². The quantitative estimate of drug-likeness (QED) is 0.273. The molecule has 3 aromatic rings. The van der Waals surface area contributed by atoms with Gasteiger partial charge in [0.05, 0.1) is 17.7 Å². The van der Waals surface area contributed by atoms with E-state index in [0.717, 1.165) is 27.2 Å². The Morgan fingerprint density at radius 1 is 0.974 bits per heavy atom. The molecule has 1 N–H and O–H groups in total. The maximum atomic E-state index is 13.9. The monoisotopic (exact) mass is 615 g/mol. The smallest absolute Gasteiger partial charge is 0.264 e. The largest absolute Gasteiger partial charge is 0.495 e. The topological polar surface area (TPSA) is 96.0 Å². The van der Waals surface area contributed by atoms with E-state index in [4.69, 9.17) is 4.74 Å². The Morgan fingerprint density at radius 2 is 1.62 bits per heavy atom. The van der Waals surface area contributed by atoms with Gasteiger partial charge in [0.15, 0.2) is 0 Å². The number of benzene rings is 3. The molecule has 0 saturated carbocycles. The predicted molar refractivity (Wildman–Crippen MR) is 156 cm³/mol. The van der Waals surface area contributed by atoms with Crippen LogP contribution in [0.3, 0.4) is 0 Å². The molecule has 0 aliphatic carbocycles. The summed E-state index contributed by atoms with van der Waals surface area (Å²) < 4.78 is 35.1. The highest BCUT2D eigenvalue weighted by Crippen LogP contribution is 2.32. The first-order chi connectivity index (χ1) is 18.7. The van der Waals surface area contributed by atoms with Gasteiger partial charge in [0.25, 0.3) is 10.0 Å². The molecule has 0 aliphatic heterocycles. The summed E-state index contributed by atoms with van der Waals surface area (Å²) in [5, 5.41) is 2.88. The standard InChI is InChI=1S/C29H34BrN3O5S/c1-4-5-19-31-29(35)22(2)32(20-23-15-17-24(30)18-16-23)28(34)21-33(26-13-9-10-14-27(26)38-3)39(36,37)25-11-7-6-8-12-25/h6-18,22H,4-5,19-21H2,1-3H3,(H,31,35)/t22-/m1/s1. The fourth-order valence-corrected chi connectivity index (χ4v) is 5.68. The minimum atomic E-state index is -4.16. The normalized spacial score (nSPS) is 11.9. The van der Waals surface area contributed by atoms with Crippen LogP contribution >= 0.6 is 15.9 Å². The highest BCUT2D eigenvalue weighted by Gasteiger charge is 2.33. The van der Waals surface area contributed by atoms with Crippen LogP contribution in [-0.4, -0.2) is 51.4 Å². The van der Waals surface area contributed by atoms with Crippen LogP contribution < -0.4 is 14.4 Å². The number of hydrogen-bond donors (Lipinski definition) is 1. The molecule has 0 aromatic heterocycles. The number of para-hydroxylation sites is 2. The van der Waals surface area contributed by atoms with E-state index >= 15 is 0 Å². The molecule has 10 heteroatoms. The van der Waals surface area contributed by atoms with Crippen molar-refractivity contribution in [1.29, 1.82) is 0 Å². The Kier molecular flexibility index (Phi) is 10.9. The summed E-state index contributed by atoms with van der Waals surface area (Å²) in [6.07, 6.45) is 1.73. The van der Waals surface area contributed by atoms with Crippen molar-refractivity contribution in [2.45, 2.75) is 44.2 Å². The highest BCUT2D eigenvalue weighted by molar-refractivity contribution is 9.10. The molecule has 3 aromatic carbocycles. The fourth-order valence-electron chi connectivity index (χ4n) is 3.97. The van der Waals surface area contributed by atoms with Gasteiger partial charge in [-0.15, -0.1) is 0 Å². The molecule has 39 heavy (non-hydrogen) atoms. The van der Waals surface area contributed by atoms with E-state index in [-0.39, 0.29) is 23.0 Å². The van der Waals surface area contributed by atoms with E-state index in [1.807, 2.05) is 31.2 Å². The van der Waals surface area contributed by atoms with Crippen LogP contribution in [0, 0.1) is 0 Å². The van der Waals surface area contributed by atoms with Crippen LogP contribution in [0.2, 0.25) is 0 Å². The minimum absolute atomic E-state index is 0.0357. The van der Waals surface area contributed by atoms with Crippen molar-refractivity contribution in [3.05, 3.63) is 88.9 Å². The molecule has 1 atom stereocenters. The molecule has 0 heterocycles. The van der Waals surface area contributed by atoms with Gasteiger partial charge in [0.2, 0.25) is 11.8 Å². The summed E-state index contributed by atoms with van der Waals surface area (Å²) >= 11 is 3.41. The van der Waals surface area contributed by atoms with Gasteiger partial charge in [0, 0.05) is 17.6 Å². The zero-order chi connectivity index (χ0) is 28.4. The molecule has 0 saturated heterocycles. The maximum Gasteiger partial charge on any atom is 0.264 e. The zero-order valence-corrected chi connectivity index (χ0v) is 24.7. The summed E-state index contributed by atoms with van der Waals surface area (Å²) in [5.41, 5.74) is 1.02.